The molecule has 4 aromatic rings. The number of rotatable bonds is 8. The number of amides is 1. The minimum Gasteiger partial charge on any atom is -0.502 e. The molecule has 7 nitrogen and oxygen atoms in total. The largest absolute Gasteiger partial charge is 0.502 e. The van der Waals surface area contributed by atoms with E-state index in [1.165, 1.54) is 11.6 Å². The van der Waals surface area contributed by atoms with E-state index in [1.807, 2.05) is 47.8 Å². The van der Waals surface area contributed by atoms with Crippen LogP contribution in [0.2, 0.25) is 0 Å². The predicted molar refractivity (Wildman–Crippen MR) is 148 cm³/mol. The van der Waals surface area contributed by atoms with Crippen LogP contribution in [-0.2, 0) is 23.3 Å². The van der Waals surface area contributed by atoms with Gasteiger partial charge in [-0.05, 0) is 50.0 Å². The topological polar surface area (TPSA) is 95.7 Å². The highest BCUT2D eigenvalue weighted by Gasteiger charge is 2.43. The molecule has 0 atom stereocenters. The van der Waals surface area contributed by atoms with Gasteiger partial charge >= 0.3 is 0 Å². The summed E-state index contributed by atoms with van der Waals surface area (Å²) < 4.78 is 5.95. The zero-order valence-corrected chi connectivity index (χ0v) is 22.2. The summed E-state index contributed by atoms with van der Waals surface area (Å²) in [5.74, 6) is 0.108. The Morgan fingerprint density at radius 2 is 1.87 bits per heavy atom. The lowest BCUT2D eigenvalue weighted by atomic mass is 9.72. The van der Waals surface area contributed by atoms with E-state index < -0.39 is 16.6 Å². The first kappa shape index (κ1) is 25.9. The molecular weight excluding hydrogens is 498 g/mol. The van der Waals surface area contributed by atoms with E-state index >= 15 is 0 Å². The average Bonchev–Trinajstić information content (AvgIpc) is 3.47. The molecule has 2 aromatic carbocycles. The summed E-state index contributed by atoms with van der Waals surface area (Å²) in [5.41, 5.74) is 1.97. The number of carbonyl (C=O) groups is 1. The fourth-order valence-electron chi connectivity index (χ4n) is 5.18. The Morgan fingerprint density at radius 3 is 2.61 bits per heavy atom. The van der Waals surface area contributed by atoms with E-state index in [0.717, 1.165) is 35.8 Å². The quantitative estimate of drug-likeness (QED) is 0.333. The van der Waals surface area contributed by atoms with E-state index in [9.17, 15) is 14.7 Å². The first-order chi connectivity index (χ1) is 18.4. The van der Waals surface area contributed by atoms with Crippen LogP contribution >= 0.6 is 11.3 Å². The van der Waals surface area contributed by atoms with Crippen LogP contribution in [0.15, 0.2) is 81.5 Å². The molecule has 38 heavy (non-hydrogen) atoms. The maximum atomic E-state index is 13.3. The molecule has 0 saturated carbocycles. The van der Waals surface area contributed by atoms with Crippen molar-refractivity contribution >= 4 is 17.2 Å². The standard InChI is InChI=1S/C30H31N3O4S/c1-21-16-25(34)27(36)28(37-21)30(10-13-33(14-11-30)20-22-6-3-2-4-7-22)18-26(35)32-19-23-8-5-9-24(17-23)29-31-12-15-38-29/h2-9,12,15-17,36H,10-11,13-14,18-20H2,1H3,(H,32,35). The number of aromatic hydroxyl groups is 1. The normalized spacial score (nSPS) is 15.3. The lowest BCUT2D eigenvalue weighted by Gasteiger charge is -2.41. The third kappa shape index (κ3) is 5.87. The Hall–Kier alpha value is -3.75. The van der Waals surface area contributed by atoms with Gasteiger partial charge in [-0.1, -0.05) is 48.5 Å². The number of aromatic nitrogens is 1. The van der Waals surface area contributed by atoms with E-state index in [2.05, 4.69) is 27.3 Å². The molecule has 1 saturated heterocycles. The van der Waals surface area contributed by atoms with E-state index in [0.29, 0.717) is 25.1 Å². The third-order valence-corrected chi connectivity index (χ3v) is 8.01. The molecule has 0 radical (unpaired) electrons. The van der Waals surface area contributed by atoms with Crippen LogP contribution in [0.4, 0.5) is 0 Å². The van der Waals surface area contributed by atoms with Crippen molar-refractivity contribution in [3.8, 4) is 16.3 Å². The molecule has 1 aliphatic rings. The Labute approximate surface area is 225 Å². The van der Waals surface area contributed by atoms with Crippen molar-refractivity contribution in [2.75, 3.05) is 13.1 Å². The van der Waals surface area contributed by atoms with Gasteiger partial charge in [0.05, 0.1) is 0 Å². The van der Waals surface area contributed by atoms with Crippen molar-refractivity contribution in [3.05, 3.63) is 105 Å². The Balaban J connectivity index is 1.32. The molecule has 196 valence electrons. The highest BCUT2D eigenvalue weighted by Crippen LogP contribution is 2.42. The van der Waals surface area contributed by atoms with Crippen LogP contribution in [0, 0.1) is 6.92 Å². The van der Waals surface area contributed by atoms with Gasteiger partial charge in [0.2, 0.25) is 17.1 Å². The van der Waals surface area contributed by atoms with Gasteiger partial charge in [-0.15, -0.1) is 11.3 Å². The second kappa shape index (κ2) is 11.3. The summed E-state index contributed by atoms with van der Waals surface area (Å²) in [4.78, 5) is 32.4. The summed E-state index contributed by atoms with van der Waals surface area (Å²) in [6.07, 6.45) is 3.08. The number of hydrogen-bond acceptors (Lipinski definition) is 7. The number of nitrogens with zero attached hydrogens (tertiary/aromatic N) is 2. The number of piperidine rings is 1. The molecule has 0 bridgehead atoms. The van der Waals surface area contributed by atoms with Crippen molar-refractivity contribution in [2.45, 2.75) is 44.7 Å². The SMILES string of the molecule is Cc1cc(=O)c(O)c(C2(CC(=O)NCc3cccc(-c4nccs4)c3)CCN(Cc3ccccc3)CC2)o1. The number of aryl methyl sites for hydroxylation is 1. The first-order valence-electron chi connectivity index (χ1n) is 12.8. The molecule has 3 heterocycles. The number of thiazole rings is 1. The van der Waals surface area contributed by atoms with Crippen LogP contribution in [0.1, 0.15) is 41.9 Å². The monoisotopic (exact) mass is 529 g/mol. The minimum absolute atomic E-state index is 0.123. The second-order valence-corrected chi connectivity index (χ2v) is 10.8. The molecule has 0 aliphatic carbocycles. The third-order valence-electron chi connectivity index (χ3n) is 7.18. The van der Waals surface area contributed by atoms with Gasteiger partial charge in [0.15, 0.2) is 5.76 Å². The number of benzene rings is 2. The van der Waals surface area contributed by atoms with Gasteiger partial charge in [-0.3, -0.25) is 14.5 Å². The van der Waals surface area contributed by atoms with Crippen molar-refractivity contribution in [3.63, 3.8) is 0 Å². The van der Waals surface area contributed by atoms with E-state index in [1.54, 1.807) is 24.5 Å². The maximum absolute atomic E-state index is 13.3. The highest BCUT2D eigenvalue weighted by molar-refractivity contribution is 7.13. The highest BCUT2D eigenvalue weighted by atomic mass is 32.1. The van der Waals surface area contributed by atoms with Crippen molar-refractivity contribution in [1.29, 1.82) is 0 Å². The lowest BCUT2D eigenvalue weighted by Crippen LogP contribution is -2.45. The number of nitrogens with one attached hydrogen (secondary N) is 1. The number of carbonyl (C=O) groups excluding carboxylic acids is 1. The molecule has 0 spiro atoms. The molecule has 2 N–H and O–H groups in total. The van der Waals surface area contributed by atoms with Gasteiger partial charge in [0, 0.05) is 48.1 Å². The van der Waals surface area contributed by atoms with Crippen LogP contribution in [0.3, 0.4) is 0 Å². The first-order valence-corrected chi connectivity index (χ1v) is 13.7. The summed E-state index contributed by atoms with van der Waals surface area (Å²) in [5, 5.41) is 16.6. The van der Waals surface area contributed by atoms with E-state index in [-0.39, 0.29) is 18.1 Å². The fraction of sp³-hybridized carbons (Fsp3) is 0.300. The maximum Gasteiger partial charge on any atom is 0.227 e. The van der Waals surface area contributed by atoms with Crippen molar-refractivity contribution in [2.24, 2.45) is 0 Å². The smallest absolute Gasteiger partial charge is 0.227 e. The summed E-state index contributed by atoms with van der Waals surface area (Å²) in [6.45, 7) is 4.31. The number of hydrogen-bond donors (Lipinski definition) is 2. The molecule has 1 amide bonds. The molecular formula is C30H31N3O4S. The Morgan fingerprint density at radius 1 is 1.11 bits per heavy atom. The Bertz CT molecular complexity index is 1440. The molecule has 2 aromatic heterocycles. The molecule has 0 unspecified atom stereocenters. The van der Waals surface area contributed by atoms with Gasteiger partial charge in [0.1, 0.15) is 10.8 Å². The zero-order valence-electron chi connectivity index (χ0n) is 21.4. The van der Waals surface area contributed by atoms with Gasteiger partial charge < -0.3 is 14.8 Å². The van der Waals surface area contributed by atoms with Crippen LogP contribution in [0.25, 0.3) is 10.6 Å². The van der Waals surface area contributed by atoms with Crippen molar-refractivity contribution in [1.82, 2.24) is 15.2 Å². The summed E-state index contributed by atoms with van der Waals surface area (Å²) >= 11 is 1.57. The molecule has 5 rings (SSSR count). The Kier molecular flexibility index (Phi) is 7.72. The fourth-order valence-corrected chi connectivity index (χ4v) is 5.81. The predicted octanol–water partition coefficient (Wildman–Crippen LogP) is 5.02. The molecule has 8 heteroatoms. The summed E-state index contributed by atoms with van der Waals surface area (Å²) in [7, 11) is 0. The number of likely N-dealkylation sites (tertiary alicyclic amines) is 1. The molecule has 1 fully saturated rings. The zero-order chi connectivity index (χ0) is 26.5. The summed E-state index contributed by atoms with van der Waals surface area (Å²) in [6, 6.07) is 19.5. The van der Waals surface area contributed by atoms with Gasteiger partial charge in [0.25, 0.3) is 0 Å². The molecule has 1 aliphatic heterocycles. The second-order valence-electron chi connectivity index (χ2n) is 9.93. The van der Waals surface area contributed by atoms with Crippen molar-refractivity contribution < 1.29 is 14.3 Å². The average molecular weight is 530 g/mol. The van der Waals surface area contributed by atoms with Gasteiger partial charge in [-0.2, -0.15) is 0 Å². The lowest BCUT2D eigenvalue weighted by molar-refractivity contribution is -0.123. The van der Waals surface area contributed by atoms with E-state index in [4.69, 9.17) is 4.42 Å². The van der Waals surface area contributed by atoms with Gasteiger partial charge in [-0.25, -0.2) is 4.98 Å². The van der Waals surface area contributed by atoms with Crippen LogP contribution < -0.4 is 10.7 Å². The van der Waals surface area contributed by atoms with Crippen LogP contribution in [-0.4, -0.2) is 34.0 Å². The van der Waals surface area contributed by atoms with Crippen LogP contribution in [0.5, 0.6) is 5.75 Å². The minimum atomic E-state index is -0.769.